The number of nitrogens with one attached hydrogen (secondary N) is 1. The molecule has 18 heavy (non-hydrogen) atoms. The van der Waals surface area contributed by atoms with Gasteiger partial charge in [-0.1, -0.05) is 30.3 Å². The van der Waals surface area contributed by atoms with Crippen molar-refractivity contribution in [1.29, 1.82) is 0 Å². The van der Waals surface area contributed by atoms with Crippen LogP contribution in [0.25, 0.3) is 0 Å². The molecular weight excluding hydrogens is 226 g/mol. The first-order valence-corrected chi connectivity index (χ1v) is 6.17. The molecule has 0 radical (unpaired) electrons. The van der Waals surface area contributed by atoms with Crippen LogP contribution >= 0.6 is 0 Å². The van der Waals surface area contributed by atoms with Gasteiger partial charge in [-0.05, 0) is 27.7 Å². The van der Waals surface area contributed by atoms with Crippen LogP contribution in [0.3, 0.4) is 0 Å². The van der Waals surface area contributed by atoms with Crippen LogP contribution in [0, 0.1) is 0 Å². The molecule has 0 saturated heterocycles. The lowest BCUT2D eigenvalue weighted by Gasteiger charge is -2.25. The number of guanidine groups is 1. The lowest BCUT2D eigenvalue weighted by Crippen LogP contribution is -2.45. The summed E-state index contributed by atoms with van der Waals surface area (Å²) in [6.45, 7) is 8.26. The van der Waals surface area contributed by atoms with Crippen LogP contribution in [-0.4, -0.2) is 23.6 Å². The third-order valence-electron chi connectivity index (χ3n) is 2.73. The molecule has 1 aliphatic rings. The van der Waals surface area contributed by atoms with Gasteiger partial charge < -0.3 is 5.32 Å². The number of nitrogens with zero attached hydrogens (tertiary/aromatic N) is 2. The Morgan fingerprint density at radius 3 is 2.39 bits per heavy atom. The van der Waals surface area contributed by atoms with E-state index in [4.69, 9.17) is 4.84 Å². The molecule has 0 saturated carbocycles. The molecule has 0 aliphatic carbocycles. The van der Waals surface area contributed by atoms with Gasteiger partial charge in [0.25, 0.3) is 0 Å². The van der Waals surface area contributed by atoms with E-state index in [9.17, 15) is 0 Å². The first kappa shape index (κ1) is 12.9. The number of hydroxylamine groups is 2. The molecule has 0 fully saturated rings. The minimum absolute atomic E-state index is 0.0433. The van der Waals surface area contributed by atoms with Gasteiger partial charge in [0.05, 0.1) is 0 Å². The molecule has 1 heterocycles. The normalized spacial score (nSPS) is 24.1. The number of hydrogen-bond donors (Lipinski definition) is 1. The Hall–Kier alpha value is -1.55. The summed E-state index contributed by atoms with van der Waals surface area (Å²) in [6, 6.07) is 10.0. The highest BCUT2D eigenvalue weighted by molar-refractivity contribution is 5.81. The van der Waals surface area contributed by atoms with E-state index in [1.807, 2.05) is 44.3 Å². The van der Waals surface area contributed by atoms with E-state index in [1.54, 1.807) is 5.06 Å². The van der Waals surface area contributed by atoms with Crippen LogP contribution < -0.4 is 5.32 Å². The van der Waals surface area contributed by atoms with Gasteiger partial charge in [-0.15, -0.1) is 0 Å². The van der Waals surface area contributed by atoms with Crippen LogP contribution in [0.15, 0.2) is 35.3 Å². The fourth-order valence-electron chi connectivity index (χ4n) is 1.91. The van der Waals surface area contributed by atoms with Crippen molar-refractivity contribution < 1.29 is 4.84 Å². The van der Waals surface area contributed by atoms with Crippen molar-refractivity contribution in [2.24, 2.45) is 4.99 Å². The summed E-state index contributed by atoms with van der Waals surface area (Å²) in [5.74, 6) is 0.758. The third kappa shape index (κ3) is 2.64. The monoisotopic (exact) mass is 247 g/mol. The van der Waals surface area contributed by atoms with Crippen molar-refractivity contribution >= 4 is 5.96 Å². The van der Waals surface area contributed by atoms with Gasteiger partial charge in [0.15, 0.2) is 0 Å². The summed E-state index contributed by atoms with van der Waals surface area (Å²) < 4.78 is 0. The zero-order valence-electron chi connectivity index (χ0n) is 11.7. The van der Waals surface area contributed by atoms with Crippen LogP contribution in [0.5, 0.6) is 0 Å². The Morgan fingerprint density at radius 2 is 1.83 bits per heavy atom. The topological polar surface area (TPSA) is 36.9 Å². The van der Waals surface area contributed by atoms with Crippen LogP contribution in [0.4, 0.5) is 0 Å². The van der Waals surface area contributed by atoms with Crippen molar-refractivity contribution in [3.05, 3.63) is 35.9 Å². The van der Waals surface area contributed by atoms with Crippen molar-refractivity contribution in [1.82, 2.24) is 10.4 Å². The molecule has 1 N–H and O–H groups in total. The van der Waals surface area contributed by atoms with Crippen LogP contribution in [0.1, 0.15) is 33.3 Å². The quantitative estimate of drug-likeness (QED) is 0.828. The minimum Gasteiger partial charge on any atom is -0.350 e. The molecule has 4 heteroatoms. The van der Waals surface area contributed by atoms with Gasteiger partial charge in [0.2, 0.25) is 11.7 Å². The van der Waals surface area contributed by atoms with Gasteiger partial charge in [-0.3, -0.25) is 0 Å². The molecule has 1 atom stereocenters. The maximum absolute atomic E-state index is 5.86. The maximum atomic E-state index is 5.86. The number of aliphatic imine (C=N–C) groups is 1. The van der Waals surface area contributed by atoms with Gasteiger partial charge >= 0.3 is 0 Å². The van der Waals surface area contributed by atoms with E-state index in [0.29, 0.717) is 0 Å². The zero-order valence-corrected chi connectivity index (χ0v) is 11.7. The Morgan fingerprint density at radius 1 is 1.22 bits per heavy atom. The highest BCUT2D eigenvalue weighted by Crippen LogP contribution is 2.32. The second kappa shape index (κ2) is 4.28. The smallest absolute Gasteiger partial charge is 0.221 e. The fraction of sp³-hybridized carbons (Fsp3) is 0.500. The summed E-state index contributed by atoms with van der Waals surface area (Å²) >= 11 is 0. The van der Waals surface area contributed by atoms with E-state index >= 15 is 0 Å². The molecule has 0 amide bonds. The molecule has 1 unspecified atom stereocenters. The molecule has 1 aromatic carbocycles. The van der Waals surface area contributed by atoms with E-state index in [0.717, 1.165) is 11.5 Å². The second-order valence-corrected chi connectivity index (χ2v) is 5.75. The molecular formula is C14H21N3O. The van der Waals surface area contributed by atoms with Crippen molar-refractivity contribution in [3.8, 4) is 0 Å². The lowest BCUT2D eigenvalue weighted by molar-refractivity contribution is -0.164. The predicted molar refractivity (Wildman–Crippen MR) is 73.0 cm³/mol. The standard InChI is InChI=1S/C14H21N3O/c1-13(2,3)15-12-16-14(4,18-17(12)5)11-9-7-6-8-10-11/h6-10H,1-5H3,(H,15,16). The van der Waals surface area contributed by atoms with Gasteiger partial charge in [0.1, 0.15) is 0 Å². The van der Waals surface area contributed by atoms with Crippen molar-refractivity contribution in [3.63, 3.8) is 0 Å². The van der Waals surface area contributed by atoms with Gasteiger partial charge in [0, 0.05) is 18.2 Å². The first-order valence-electron chi connectivity index (χ1n) is 6.17. The summed E-state index contributed by atoms with van der Waals surface area (Å²) in [5.41, 5.74) is 0.352. The Labute approximate surface area is 109 Å². The predicted octanol–water partition coefficient (Wildman–Crippen LogP) is 2.48. The van der Waals surface area contributed by atoms with Crippen LogP contribution in [-0.2, 0) is 10.6 Å². The molecule has 0 bridgehead atoms. The molecule has 4 nitrogen and oxygen atoms in total. The number of rotatable bonds is 1. The Bertz CT molecular complexity index is 450. The van der Waals surface area contributed by atoms with E-state index in [2.05, 4.69) is 31.1 Å². The summed E-state index contributed by atoms with van der Waals surface area (Å²) in [4.78, 5) is 10.5. The zero-order chi connectivity index (χ0) is 13.4. The molecule has 1 aliphatic heterocycles. The Balaban J connectivity index is 2.27. The average Bonchev–Trinajstić information content (AvgIpc) is 2.54. The van der Waals surface area contributed by atoms with Gasteiger partial charge in [-0.2, -0.15) is 0 Å². The molecule has 1 aromatic rings. The van der Waals surface area contributed by atoms with E-state index < -0.39 is 5.72 Å². The van der Waals surface area contributed by atoms with Crippen molar-refractivity contribution in [2.45, 2.75) is 39.0 Å². The molecule has 2 rings (SSSR count). The summed E-state index contributed by atoms with van der Waals surface area (Å²) in [6.07, 6.45) is 0. The molecule has 0 spiro atoms. The molecule has 98 valence electrons. The number of hydrogen-bond acceptors (Lipinski definition) is 4. The highest BCUT2D eigenvalue weighted by atomic mass is 16.7. The summed E-state index contributed by atoms with van der Waals surface area (Å²) in [5, 5.41) is 5.04. The highest BCUT2D eigenvalue weighted by Gasteiger charge is 2.37. The van der Waals surface area contributed by atoms with Gasteiger partial charge in [-0.25, -0.2) is 14.9 Å². The third-order valence-corrected chi connectivity index (χ3v) is 2.73. The lowest BCUT2D eigenvalue weighted by atomic mass is 10.1. The molecule has 0 aromatic heterocycles. The first-order chi connectivity index (χ1) is 8.30. The second-order valence-electron chi connectivity index (χ2n) is 5.75. The number of benzene rings is 1. The minimum atomic E-state index is -0.649. The SMILES string of the molecule is CN1OC(C)(c2ccccc2)N=C1NC(C)(C)C. The Kier molecular flexibility index (Phi) is 3.07. The van der Waals surface area contributed by atoms with Crippen molar-refractivity contribution in [2.75, 3.05) is 7.05 Å². The maximum Gasteiger partial charge on any atom is 0.221 e. The summed E-state index contributed by atoms with van der Waals surface area (Å²) in [7, 11) is 1.87. The largest absolute Gasteiger partial charge is 0.350 e. The van der Waals surface area contributed by atoms with E-state index in [-0.39, 0.29) is 5.54 Å². The van der Waals surface area contributed by atoms with E-state index in [1.165, 1.54) is 0 Å². The van der Waals surface area contributed by atoms with Crippen LogP contribution in [0.2, 0.25) is 0 Å². The average molecular weight is 247 g/mol. The fourth-order valence-corrected chi connectivity index (χ4v) is 1.91.